The lowest BCUT2D eigenvalue weighted by molar-refractivity contribution is -0.119. The van der Waals surface area contributed by atoms with Crippen LogP contribution in [0.1, 0.15) is 21.5 Å². The molecule has 1 N–H and O–H groups in total. The van der Waals surface area contributed by atoms with E-state index in [0.717, 1.165) is 11.1 Å². The smallest absolute Gasteiger partial charge is 0.339 e. The number of aryl methyl sites for hydroxylation is 1. The molecular weight excluding hydrogens is 326 g/mol. The summed E-state index contributed by atoms with van der Waals surface area (Å²) in [6, 6.07) is 12.1. The number of rotatable bonds is 5. The SMILES string of the molecule is Cc1cccc(NC(=O)COC(=O)c2ccccc2[S@@](C)=O)c1C. The van der Waals surface area contributed by atoms with Gasteiger partial charge in [-0.2, -0.15) is 0 Å². The van der Waals surface area contributed by atoms with E-state index in [2.05, 4.69) is 5.32 Å². The summed E-state index contributed by atoms with van der Waals surface area (Å²) in [5.41, 5.74) is 2.91. The maximum Gasteiger partial charge on any atom is 0.339 e. The molecule has 2 rings (SSSR count). The molecule has 6 heteroatoms. The number of nitrogens with one attached hydrogen (secondary N) is 1. The molecule has 0 saturated carbocycles. The van der Waals surface area contributed by atoms with E-state index in [9.17, 15) is 13.8 Å². The predicted octanol–water partition coefficient (Wildman–Crippen LogP) is 2.84. The van der Waals surface area contributed by atoms with Gasteiger partial charge >= 0.3 is 5.97 Å². The molecule has 2 aromatic carbocycles. The summed E-state index contributed by atoms with van der Waals surface area (Å²) >= 11 is 0. The zero-order valence-electron chi connectivity index (χ0n) is 13.8. The summed E-state index contributed by atoms with van der Waals surface area (Å²) in [7, 11) is -1.31. The quantitative estimate of drug-likeness (QED) is 0.846. The van der Waals surface area contributed by atoms with Gasteiger partial charge in [0.15, 0.2) is 6.61 Å². The molecule has 0 bridgehead atoms. The van der Waals surface area contributed by atoms with Gasteiger partial charge in [0, 0.05) is 11.9 Å². The van der Waals surface area contributed by atoms with Crippen molar-refractivity contribution in [2.24, 2.45) is 0 Å². The van der Waals surface area contributed by atoms with Crippen LogP contribution in [0.25, 0.3) is 0 Å². The molecule has 0 unspecified atom stereocenters. The molecule has 1 atom stereocenters. The van der Waals surface area contributed by atoms with Crippen LogP contribution in [0.3, 0.4) is 0 Å². The first-order valence-corrected chi connectivity index (χ1v) is 8.91. The Morgan fingerprint density at radius 3 is 2.50 bits per heavy atom. The van der Waals surface area contributed by atoms with Crippen molar-refractivity contribution in [3.63, 3.8) is 0 Å². The van der Waals surface area contributed by atoms with Gasteiger partial charge in [-0.1, -0.05) is 24.3 Å². The standard InChI is InChI=1S/C18H19NO4S/c1-12-7-6-9-15(13(12)2)19-17(20)11-23-18(21)14-8-4-5-10-16(14)24(3)22/h4-10H,11H2,1-3H3,(H,19,20)/t24-/m1/s1. The summed E-state index contributed by atoms with van der Waals surface area (Å²) in [6.07, 6.45) is 1.49. The van der Waals surface area contributed by atoms with E-state index in [1.54, 1.807) is 24.3 Å². The average Bonchev–Trinajstić information content (AvgIpc) is 2.56. The Morgan fingerprint density at radius 2 is 1.79 bits per heavy atom. The largest absolute Gasteiger partial charge is 0.452 e. The fourth-order valence-electron chi connectivity index (χ4n) is 2.17. The Hall–Kier alpha value is -2.47. The molecule has 0 saturated heterocycles. The molecule has 0 heterocycles. The van der Waals surface area contributed by atoms with E-state index in [-0.39, 0.29) is 5.56 Å². The van der Waals surface area contributed by atoms with Crippen molar-refractivity contribution in [3.8, 4) is 0 Å². The van der Waals surface area contributed by atoms with Crippen LogP contribution in [-0.4, -0.2) is 28.9 Å². The molecule has 0 spiro atoms. The second kappa shape index (κ2) is 7.88. The second-order valence-electron chi connectivity index (χ2n) is 5.32. The lowest BCUT2D eigenvalue weighted by Crippen LogP contribution is -2.22. The van der Waals surface area contributed by atoms with Crippen LogP contribution >= 0.6 is 0 Å². The number of carbonyl (C=O) groups is 2. The van der Waals surface area contributed by atoms with E-state index in [4.69, 9.17) is 4.74 Å². The molecular formula is C18H19NO4S. The fourth-order valence-corrected chi connectivity index (χ4v) is 2.90. The highest BCUT2D eigenvalue weighted by molar-refractivity contribution is 7.84. The first-order valence-electron chi connectivity index (χ1n) is 7.36. The molecule has 0 radical (unpaired) electrons. The van der Waals surface area contributed by atoms with Gasteiger partial charge in [0.25, 0.3) is 5.91 Å². The van der Waals surface area contributed by atoms with Gasteiger partial charge in [0.05, 0.1) is 21.3 Å². The summed E-state index contributed by atoms with van der Waals surface area (Å²) in [6.45, 7) is 3.45. The molecule has 24 heavy (non-hydrogen) atoms. The predicted molar refractivity (Wildman–Crippen MR) is 93.6 cm³/mol. The van der Waals surface area contributed by atoms with Gasteiger partial charge in [-0.05, 0) is 43.2 Å². The maximum absolute atomic E-state index is 12.1. The monoisotopic (exact) mass is 345 g/mol. The molecule has 0 aliphatic heterocycles. The molecule has 126 valence electrons. The summed E-state index contributed by atoms with van der Waals surface area (Å²) in [4.78, 5) is 24.5. The van der Waals surface area contributed by atoms with Crippen molar-refractivity contribution in [3.05, 3.63) is 59.2 Å². The van der Waals surface area contributed by atoms with Crippen LogP contribution in [0, 0.1) is 13.8 Å². The molecule has 0 aliphatic rings. The number of amides is 1. The van der Waals surface area contributed by atoms with Crippen molar-refractivity contribution in [2.75, 3.05) is 18.2 Å². The van der Waals surface area contributed by atoms with E-state index < -0.39 is 29.3 Å². The summed E-state index contributed by atoms with van der Waals surface area (Å²) in [5.74, 6) is -1.09. The molecule has 5 nitrogen and oxygen atoms in total. The number of hydrogen-bond acceptors (Lipinski definition) is 4. The molecule has 0 fully saturated rings. The topological polar surface area (TPSA) is 72.5 Å². The van der Waals surface area contributed by atoms with Crippen LogP contribution < -0.4 is 5.32 Å². The van der Waals surface area contributed by atoms with Crippen molar-refractivity contribution < 1.29 is 18.5 Å². The van der Waals surface area contributed by atoms with E-state index in [1.165, 1.54) is 12.3 Å². The van der Waals surface area contributed by atoms with Gasteiger partial charge < -0.3 is 10.1 Å². The number of ether oxygens (including phenoxy) is 1. The summed E-state index contributed by atoms with van der Waals surface area (Å²) in [5, 5.41) is 2.72. The highest BCUT2D eigenvalue weighted by Crippen LogP contribution is 2.18. The van der Waals surface area contributed by atoms with Crippen LogP contribution in [0.5, 0.6) is 0 Å². The third kappa shape index (κ3) is 4.29. The van der Waals surface area contributed by atoms with Crippen LogP contribution in [0.2, 0.25) is 0 Å². The van der Waals surface area contributed by atoms with Gasteiger partial charge in [-0.25, -0.2) is 4.79 Å². The van der Waals surface area contributed by atoms with Crippen molar-refractivity contribution in [1.82, 2.24) is 0 Å². The van der Waals surface area contributed by atoms with E-state index in [0.29, 0.717) is 10.6 Å². The third-order valence-electron chi connectivity index (χ3n) is 3.63. The fraction of sp³-hybridized carbons (Fsp3) is 0.222. The number of hydrogen-bond donors (Lipinski definition) is 1. The van der Waals surface area contributed by atoms with E-state index in [1.807, 2.05) is 26.0 Å². The van der Waals surface area contributed by atoms with Crippen LogP contribution in [0.4, 0.5) is 5.69 Å². The van der Waals surface area contributed by atoms with Crippen molar-refractivity contribution in [1.29, 1.82) is 0 Å². The minimum Gasteiger partial charge on any atom is -0.452 e. The number of carbonyl (C=O) groups excluding carboxylic acids is 2. The lowest BCUT2D eigenvalue weighted by Gasteiger charge is -2.11. The highest BCUT2D eigenvalue weighted by Gasteiger charge is 2.16. The van der Waals surface area contributed by atoms with Crippen LogP contribution in [0.15, 0.2) is 47.4 Å². The normalized spacial score (nSPS) is 11.6. The first kappa shape index (κ1) is 17.9. The molecule has 1 amide bonds. The zero-order chi connectivity index (χ0) is 17.7. The summed E-state index contributed by atoms with van der Waals surface area (Å²) < 4.78 is 16.7. The van der Waals surface area contributed by atoms with Gasteiger partial charge in [-0.3, -0.25) is 9.00 Å². The lowest BCUT2D eigenvalue weighted by atomic mass is 10.1. The number of anilines is 1. The molecule has 0 aromatic heterocycles. The zero-order valence-corrected chi connectivity index (χ0v) is 14.6. The van der Waals surface area contributed by atoms with Gasteiger partial charge in [0.1, 0.15) is 0 Å². The van der Waals surface area contributed by atoms with E-state index >= 15 is 0 Å². The van der Waals surface area contributed by atoms with Crippen molar-refractivity contribution in [2.45, 2.75) is 18.7 Å². The maximum atomic E-state index is 12.1. The first-order chi connectivity index (χ1) is 11.4. The number of esters is 1. The molecule has 2 aromatic rings. The Kier molecular flexibility index (Phi) is 5.87. The Balaban J connectivity index is 2.01. The highest BCUT2D eigenvalue weighted by atomic mass is 32.2. The van der Waals surface area contributed by atoms with Crippen LogP contribution in [-0.2, 0) is 20.3 Å². The minimum atomic E-state index is -1.31. The Labute approximate surface area is 143 Å². The number of benzene rings is 2. The average molecular weight is 345 g/mol. The minimum absolute atomic E-state index is 0.206. The Bertz CT molecular complexity index is 801. The molecule has 0 aliphatic carbocycles. The Morgan fingerprint density at radius 1 is 1.08 bits per heavy atom. The van der Waals surface area contributed by atoms with Gasteiger partial charge in [0.2, 0.25) is 0 Å². The van der Waals surface area contributed by atoms with Gasteiger partial charge in [-0.15, -0.1) is 0 Å². The third-order valence-corrected chi connectivity index (χ3v) is 4.61. The van der Waals surface area contributed by atoms with Crippen molar-refractivity contribution >= 4 is 28.4 Å². The second-order valence-corrected chi connectivity index (χ2v) is 6.67.